The van der Waals surface area contributed by atoms with Crippen LogP contribution in [0.25, 0.3) is 11.1 Å². The highest BCUT2D eigenvalue weighted by atomic mass is 16.5. The first-order valence-corrected chi connectivity index (χ1v) is 5.17. The summed E-state index contributed by atoms with van der Waals surface area (Å²) in [6.45, 7) is 1.90. The molecule has 0 amide bonds. The number of carbonyl (C=O) groups excluding carboxylic acids is 1. The molecule has 5 heteroatoms. The summed E-state index contributed by atoms with van der Waals surface area (Å²) in [6.07, 6.45) is 3.50. The van der Waals surface area contributed by atoms with Gasteiger partial charge in [-0.2, -0.15) is 5.10 Å². The molecule has 0 saturated carbocycles. The number of carbonyl (C=O) groups is 1. The normalized spacial score (nSPS) is 10.3. The summed E-state index contributed by atoms with van der Waals surface area (Å²) in [5, 5.41) is 4.11. The number of hydrogen-bond donors (Lipinski definition) is 0. The Balaban J connectivity index is 2.55. The van der Waals surface area contributed by atoms with Crippen molar-refractivity contribution in [2.75, 3.05) is 7.11 Å². The first-order chi connectivity index (χ1) is 8.11. The van der Waals surface area contributed by atoms with Crippen LogP contribution >= 0.6 is 0 Å². The second kappa shape index (κ2) is 4.37. The molecule has 2 heterocycles. The van der Waals surface area contributed by atoms with Crippen LogP contribution in [0.3, 0.4) is 0 Å². The molecule has 0 aliphatic rings. The smallest absolute Gasteiger partial charge is 0.359 e. The third-order valence-electron chi connectivity index (χ3n) is 2.42. The van der Waals surface area contributed by atoms with Crippen LogP contribution in [0, 0.1) is 6.92 Å². The minimum atomic E-state index is -0.435. The van der Waals surface area contributed by atoms with Crippen LogP contribution in [0.15, 0.2) is 24.5 Å². The maximum absolute atomic E-state index is 11.6. The molecule has 0 aliphatic carbocycles. The molecule has 0 fully saturated rings. The van der Waals surface area contributed by atoms with Crippen molar-refractivity contribution in [3.05, 3.63) is 35.9 Å². The fraction of sp³-hybridized carbons (Fsp3) is 0.250. The lowest BCUT2D eigenvalue weighted by Gasteiger charge is -2.01. The molecule has 0 atom stereocenters. The lowest BCUT2D eigenvalue weighted by molar-refractivity contribution is 0.0594. The summed E-state index contributed by atoms with van der Waals surface area (Å²) in [4.78, 5) is 15.7. The van der Waals surface area contributed by atoms with Crippen LogP contribution in [0.1, 0.15) is 16.2 Å². The van der Waals surface area contributed by atoms with E-state index in [1.54, 1.807) is 24.1 Å². The Labute approximate surface area is 99.1 Å². The van der Waals surface area contributed by atoms with Crippen molar-refractivity contribution in [3.8, 4) is 11.1 Å². The third kappa shape index (κ3) is 2.18. The second-order valence-corrected chi connectivity index (χ2v) is 3.74. The van der Waals surface area contributed by atoms with Gasteiger partial charge in [-0.05, 0) is 24.6 Å². The van der Waals surface area contributed by atoms with Crippen LogP contribution in [0.4, 0.5) is 0 Å². The zero-order chi connectivity index (χ0) is 12.4. The van der Waals surface area contributed by atoms with Gasteiger partial charge in [0, 0.05) is 30.7 Å². The highest BCUT2D eigenvalue weighted by molar-refractivity contribution is 5.95. The van der Waals surface area contributed by atoms with Crippen LogP contribution in [-0.4, -0.2) is 27.8 Å². The first-order valence-electron chi connectivity index (χ1n) is 5.17. The van der Waals surface area contributed by atoms with E-state index in [2.05, 4.69) is 10.1 Å². The molecule has 2 rings (SSSR count). The number of nitrogens with zero attached hydrogens (tertiary/aromatic N) is 3. The van der Waals surface area contributed by atoms with Crippen molar-refractivity contribution >= 4 is 5.97 Å². The summed E-state index contributed by atoms with van der Waals surface area (Å²) in [5.74, 6) is -0.435. The molecule has 0 spiro atoms. The maximum atomic E-state index is 11.6. The Kier molecular flexibility index (Phi) is 2.91. The average Bonchev–Trinajstić information content (AvgIpc) is 2.70. The van der Waals surface area contributed by atoms with Gasteiger partial charge in [-0.1, -0.05) is 0 Å². The summed E-state index contributed by atoms with van der Waals surface area (Å²) >= 11 is 0. The number of aromatic nitrogens is 3. The van der Waals surface area contributed by atoms with E-state index < -0.39 is 5.97 Å². The van der Waals surface area contributed by atoms with Crippen molar-refractivity contribution in [2.24, 2.45) is 7.05 Å². The van der Waals surface area contributed by atoms with Crippen LogP contribution < -0.4 is 0 Å². The summed E-state index contributed by atoms with van der Waals surface area (Å²) in [6, 6.07) is 3.75. The summed E-state index contributed by atoms with van der Waals surface area (Å²) in [5.41, 5.74) is 2.87. The summed E-state index contributed by atoms with van der Waals surface area (Å²) in [7, 11) is 3.11. The summed E-state index contributed by atoms with van der Waals surface area (Å²) < 4.78 is 6.31. The van der Waals surface area contributed by atoms with Crippen molar-refractivity contribution in [1.29, 1.82) is 0 Å². The standard InChI is InChI=1S/C12H13N3O2/c1-8-6-9(4-5-13-8)10-7-15(2)14-11(10)12(16)17-3/h4-7H,1-3H3. The van der Waals surface area contributed by atoms with E-state index >= 15 is 0 Å². The predicted molar refractivity (Wildman–Crippen MR) is 62.5 cm³/mol. The molecule has 2 aromatic rings. The van der Waals surface area contributed by atoms with Crippen LogP contribution in [-0.2, 0) is 11.8 Å². The molecule has 0 bridgehead atoms. The Bertz CT molecular complexity index is 561. The van der Waals surface area contributed by atoms with Crippen LogP contribution in [0.5, 0.6) is 0 Å². The SMILES string of the molecule is COC(=O)c1nn(C)cc1-c1ccnc(C)c1. The Morgan fingerprint density at radius 2 is 2.24 bits per heavy atom. The van der Waals surface area contributed by atoms with Gasteiger partial charge in [0.15, 0.2) is 5.69 Å². The van der Waals surface area contributed by atoms with Gasteiger partial charge in [-0.3, -0.25) is 9.67 Å². The van der Waals surface area contributed by atoms with E-state index in [0.29, 0.717) is 5.69 Å². The molecule has 0 N–H and O–H groups in total. The number of esters is 1. The number of hydrogen-bond acceptors (Lipinski definition) is 4. The molecular formula is C12H13N3O2. The molecule has 5 nitrogen and oxygen atoms in total. The molecule has 88 valence electrons. The number of ether oxygens (including phenoxy) is 1. The highest BCUT2D eigenvalue weighted by Crippen LogP contribution is 2.23. The second-order valence-electron chi connectivity index (χ2n) is 3.74. The van der Waals surface area contributed by atoms with Crippen molar-refractivity contribution in [2.45, 2.75) is 6.92 Å². The molecule has 2 aromatic heterocycles. The third-order valence-corrected chi connectivity index (χ3v) is 2.42. The zero-order valence-electron chi connectivity index (χ0n) is 9.97. The fourth-order valence-electron chi connectivity index (χ4n) is 1.66. The minimum Gasteiger partial charge on any atom is -0.464 e. The Morgan fingerprint density at radius 3 is 2.88 bits per heavy atom. The Morgan fingerprint density at radius 1 is 1.47 bits per heavy atom. The maximum Gasteiger partial charge on any atom is 0.359 e. The largest absolute Gasteiger partial charge is 0.464 e. The van der Waals surface area contributed by atoms with E-state index in [-0.39, 0.29) is 0 Å². The number of methoxy groups -OCH3 is 1. The van der Waals surface area contributed by atoms with Crippen molar-refractivity contribution < 1.29 is 9.53 Å². The Hall–Kier alpha value is -2.17. The van der Waals surface area contributed by atoms with Gasteiger partial charge in [-0.15, -0.1) is 0 Å². The number of aryl methyl sites for hydroxylation is 2. The van der Waals surface area contributed by atoms with Gasteiger partial charge < -0.3 is 4.74 Å². The molecule has 0 saturated heterocycles. The average molecular weight is 231 g/mol. The van der Waals surface area contributed by atoms with Gasteiger partial charge in [0.05, 0.1) is 7.11 Å². The van der Waals surface area contributed by atoms with E-state index in [4.69, 9.17) is 4.74 Å². The molecule has 0 aromatic carbocycles. The topological polar surface area (TPSA) is 57.0 Å². The van der Waals surface area contributed by atoms with Gasteiger partial charge >= 0.3 is 5.97 Å². The van der Waals surface area contributed by atoms with Gasteiger partial charge in [0.2, 0.25) is 0 Å². The van der Waals surface area contributed by atoms with E-state index in [1.807, 2.05) is 19.1 Å². The number of rotatable bonds is 2. The molecule has 0 radical (unpaired) electrons. The van der Waals surface area contributed by atoms with Crippen molar-refractivity contribution in [1.82, 2.24) is 14.8 Å². The van der Waals surface area contributed by atoms with Gasteiger partial charge in [0.25, 0.3) is 0 Å². The van der Waals surface area contributed by atoms with E-state index in [9.17, 15) is 4.79 Å². The zero-order valence-corrected chi connectivity index (χ0v) is 9.97. The lowest BCUT2D eigenvalue weighted by Crippen LogP contribution is -2.04. The van der Waals surface area contributed by atoms with E-state index in [0.717, 1.165) is 16.8 Å². The molecule has 0 unspecified atom stereocenters. The molecular weight excluding hydrogens is 218 g/mol. The highest BCUT2D eigenvalue weighted by Gasteiger charge is 2.17. The fourth-order valence-corrected chi connectivity index (χ4v) is 1.66. The first kappa shape index (κ1) is 11.3. The number of pyridine rings is 1. The van der Waals surface area contributed by atoms with E-state index in [1.165, 1.54) is 7.11 Å². The predicted octanol–water partition coefficient (Wildman–Crippen LogP) is 1.58. The monoisotopic (exact) mass is 231 g/mol. The molecule has 17 heavy (non-hydrogen) atoms. The quantitative estimate of drug-likeness (QED) is 0.736. The lowest BCUT2D eigenvalue weighted by atomic mass is 10.1. The van der Waals surface area contributed by atoms with Gasteiger partial charge in [0.1, 0.15) is 0 Å². The van der Waals surface area contributed by atoms with Crippen LogP contribution in [0.2, 0.25) is 0 Å². The minimum absolute atomic E-state index is 0.320. The van der Waals surface area contributed by atoms with Gasteiger partial charge in [-0.25, -0.2) is 4.79 Å². The molecule has 0 aliphatic heterocycles. The van der Waals surface area contributed by atoms with Crippen molar-refractivity contribution in [3.63, 3.8) is 0 Å².